The zero-order chi connectivity index (χ0) is 12.8. The first kappa shape index (κ1) is 13.7. The number of rotatable bonds is 5. The second-order valence-corrected chi connectivity index (χ2v) is 5.91. The molecule has 2 unspecified atom stereocenters. The van der Waals surface area contributed by atoms with Crippen LogP contribution in [-0.2, 0) is 0 Å². The summed E-state index contributed by atoms with van der Waals surface area (Å²) in [6.07, 6.45) is 7.73. The standard InChI is InChI=1S/C14H22N2OS/c1-3-17-12-8-11(9-16-10-12)14(15-2)13-6-4-5-7-18-13/h8-10,13-15H,3-7H2,1-2H3. The molecule has 100 valence electrons. The molecule has 0 radical (unpaired) electrons. The topological polar surface area (TPSA) is 34.1 Å². The Hall–Kier alpha value is -0.740. The summed E-state index contributed by atoms with van der Waals surface area (Å²) in [6, 6.07) is 2.50. The van der Waals surface area contributed by atoms with Gasteiger partial charge in [0.1, 0.15) is 5.75 Å². The van der Waals surface area contributed by atoms with E-state index < -0.39 is 0 Å². The van der Waals surface area contributed by atoms with Gasteiger partial charge in [0.15, 0.2) is 0 Å². The molecule has 0 aliphatic carbocycles. The molecule has 0 saturated carbocycles. The summed E-state index contributed by atoms with van der Waals surface area (Å²) in [5.41, 5.74) is 1.24. The van der Waals surface area contributed by atoms with E-state index >= 15 is 0 Å². The number of nitrogens with zero attached hydrogens (tertiary/aromatic N) is 1. The van der Waals surface area contributed by atoms with Crippen LogP contribution in [0.5, 0.6) is 5.75 Å². The van der Waals surface area contributed by atoms with Gasteiger partial charge in [-0.15, -0.1) is 0 Å². The average Bonchev–Trinajstić information content (AvgIpc) is 2.42. The van der Waals surface area contributed by atoms with Crippen molar-refractivity contribution in [3.8, 4) is 5.75 Å². The fraction of sp³-hybridized carbons (Fsp3) is 0.643. The van der Waals surface area contributed by atoms with Gasteiger partial charge in [0.2, 0.25) is 0 Å². The smallest absolute Gasteiger partial charge is 0.137 e. The Kier molecular flexibility index (Phi) is 5.32. The number of hydrogen-bond donors (Lipinski definition) is 1. The van der Waals surface area contributed by atoms with Crippen molar-refractivity contribution in [2.24, 2.45) is 0 Å². The summed E-state index contributed by atoms with van der Waals surface area (Å²) in [4.78, 5) is 4.29. The molecule has 4 heteroatoms. The number of aromatic nitrogens is 1. The molecule has 18 heavy (non-hydrogen) atoms. The van der Waals surface area contributed by atoms with Crippen LogP contribution in [0.2, 0.25) is 0 Å². The highest BCUT2D eigenvalue weighted by Gasteiger charge is 2.24. The first-order valence-electron chi connectivity index (χ1n) is 6.71. The second-order valence-electron chi connectivity index (χ2n) is 4.56. The highest BCUT2D eigenvalue weighted by molar-refractivity contribution is 8.00. The zero-order valence-corrected chi connectivity index (χ0v) is 12.0. The lowest BCUT2D eigenvalue weighted by Gasteiger charge is -2.29. The van der Waals surface area contributed by atoms with Gasteiger partial charge in [-0.25, -0.2) is 0 Å². The van der Waals surface area contributed by atoms with Crippen molar-refractivity contribution in [3.63, 3.8) is 0 Å². The van der Waals surface area contributed by atoms with Crippen molar-refractivity contribution in [2.75, 3.05) is 19.4 Å². The minimum absolute atomic E-state index is 0.378. The molecule has 3 nitrogen and oxygen atoms in total. The summed E-state index contributed by atoms with van der Waals surface area (Å²) in [5, 5.41) is 4.10. The average molecular weight is 266 g/mol. The zero-order valence-electron chi connectivity index (χ0n) is 11.2. The Morgan fingerprint density at radius 1 is 1.50 bits per heavy atom. The first-order valence-corrected chi connectivity index (χ1v) is 7.76. The molecule has 0 bridgehead atoms. The molecule has 0 aromatic carbocycles. The van der Waals surface area contributed by atoms with Crippen LogP contribution in [-0.4, -0.2) is 29.6 Å². The van der Waals surface area contributed by atoms with Crippen LogP contribution in [0.15, 0.2) is 18.5 Å². The van der Waals surface area contributed by atoms with E-state index in [0.29, 0.717) is 17.9 Å². The maximum atomic E-state index is 5.53. The fourth-order valence-corrected chi connectivity index (χ4v) is 3.94. The normalized spacial score (nSPS) is 21.6. The fourth-order valence-electron chi connectivity index (χ4n) is 2.45. The SMILES string of the molecule is CCOc1cncc(C(NC)C2CCCCS2)c1. The number of hydrogen-bond acceptors (Lipinski definition) is 4. The molecule has 1 aliphatic heterocycles. The Labute approximate surface area is 114 Å². The minimum Gasteiger partial charge on any atom is -0.492 e. The van der Waals surface area contributed by atoms with Gasteiger partial charge in [-0.3, -0.25) is 4.98 Å². The van der Waals surface area contributed by atoms with Gasteiger partial charge in [0, 0.05) is 17.5 Å². The van der Waals surface area contributed by atoms with Gasteiger partial charge in [-0.05, 0) is 44.2 Å². The first-order chi connectivity index (χ1) is 8.85. The van der Waals surface area contributed by atoms with Gasteiger partial charge in [-0.1, -0.05) is 6.42 Å². The number of ether oxygens (including phenoxy) is 1. The molecule has 0 spiro atoms. The molecule has 2 atom stereocenters. The van der Waals surface area contributed by atoms with Gasteiger partial charge in [0.05, 0.1) is 12.8 Å². The monoisotopic (exact) mass is 266 g/mol. The molecular weight excluding hydrogens is 244 g/mol. The predicted octanol–water partition coefficient (Wildman–Crippen LogP) is 3.03. The Bertz CT molecular complexity index is 367. The molecule has 1 aromatic heterocycles. The van der Waals surface area contributed by atoms with Gasteiger partial charge < -0.3 is 10.1 Å². The van der Waals surface area contributed by atoms with Crippen LogP contribution < -0.4 is 10.1 Å². The van der Waals surface area contributed by atoms with Crippen LogP contribution in [0.3, 0.4) is 0 Å². The summed E-state index contributed by atoms with van der Waals surface area (Å²) in [7, 11) is 2.03. The lowest BCUT2D eigenvalue weighted by atomic mass is 10.0. The van der Waals surface area contributed by atoms with Crippen molar-refractivity contribution < 1.29 is 4.74 Å². The second kappa shape index (κ2) is 7.00. The number of nitrogens with one attached hydrogen (secondary N) is 1. The van der Waals surface area contributed by atoms with Gasteiger partial charge >= 0.3 is 0 Å². The van der Waals surface area contributed by atoms with Crippen LogP contribution in [0.4, 0.5) is 0 Å². The largest absolute Gasteiger partial charge is 0.492 e. The minimum atomic E-state index is 0.378. The quantitative estimate of drug-likeness (QED) is 0.888. The molecule has 1 fully saturated rings. The molecule has 0 amide bonds. The molecule has 2 heterocycles. The Morgan fingerprint density at radius 3 is 3.06 bits per heavy atom. The van der Waals surface area contributed by atoms with E-state index in [0.717, 1.165) is 5.75 Å². The third kappa shape index (κ3) is 3.39. The van der Waals surface area contributed by atoms with E-state index in [4.69, 9.17) is 4.74 Å². The predicted molar refractivity (Wildman–Crippen MR) is 77.3 cm³/mol. The molecular formula is C14H22N2OS. The van der Waals surface area contributed by atoms with Crippen molar-refractivity contribution in [1.82, 2.24) is 10.3 Å². The maximum absolute atomic E-state index is 5.53. The highest BCUT2D eigenvalue weighted by Crippen LogP contribution is 2.35. The van der Waals surface area contributed by atoms with E-state index in [-0.39, 0.29) is 0 Å². The van der Waals surface area contributed by atoms with E-state index in [1.807, 2.05) is 20.2 Å². The molecule has 1 N–H and O–H groups in total. The van der Waals surface area contributed by atoms with Crippen LogP contribution in [0.25, 0.3) is 0 Å². The van der Waals surface area contributed by atoms with E-state index in [1.54, 1.807) is 6.20 Å². The lowest BCUT2D eigenvalue weighted by molar-refractivity contribution is 0.337. The maximum Gasteiger partial charge on any atom is 0.137 e. The van der Waals surface area contributed by atoms with E-state index in [2.05, 4.69) is 28.1 Å². The van der Waals surface area contributed by atoms with Crippen LogP contribution in [0, 0.1) is 0 Å². The van der Waals surface area contributed by atoms with Crippen molar-refractivity contribution >= 4 is 11.8 Å². The molecule has 1 aromatic rings. The highest BCUT2D eigenvalue weighted by atomic mass is 32.2. The third-order valence-corrected chi connectivity index (χ3v) is 4.76. The summed E-state index contributed by atoms with van der Waals surface area (Å²) in [5.74, 6) is 2.15. The Morgan fingerprint density at radius 2 is 2.39 bits per heavy atom. The lowest BCUT2D eigenvalue weighted by Crippen LogP contribution is -2.29. The summed E-state index contributed by atoms with van der Waals surface area (Å²) < 4.78 is 5.53. The van der Waals surface area contributed by atoms with Crippen molar-refractivity contribution in [3.05, 3.63) is 24.0 Å². The number of pyridine rings is 1. The van der Waals surface area contributed by atoms with E-state index in [9.17, 15) is 0 Å². The third-order valence-electron chi connectivity index (χ3n) is 3.30. The molecule has 1 saturated heterocycles. The summed E-state index contributed by atoms with van der Waals surface area (Å²) in [6.45, 7) is 2.69. The Balaban J connectivity index is 2.12. The van der Waals surface area contributed by atoms with Crippen LogP contribution in [0.1, 0.15) is 37.8 Å². The van der Waals surface area contributed by atoms with Gasteiger partial charge in [0.25, 0.3) is 0 Å². The van der Waals surface area contributed by atoms with E-state index in [1.165, 1.54) is 30.6 Å². The number of thioether (sulfide) groups is 1. The van der Waals surface area contributed by atoms with Gasteiger partial charge in [-0.2, -0.15) is 11.8 Å². The summed E-state index contributed by atoms with van der Waals surface area (Å²) >= 11 is 2.08. The van der Waals surface area contributed by atoms with Crippen molar-refractivity contribution in [2.45, 2.75) is 37.5 Å². The molecule has 2 rings (SSSR count). The molecule has 1 aliphatic rings. The van der Waals surface area contributed by atoms with Crippen LogP contribution >= 0.6 is 11.8 Å². The van der Waals surface area contributed by atoms with Crippen molar-refractivity contribution in [1.29, 1.82) is 0 Å².